The van der Waals surface area contributed by atoms with Crippen molar-refractivity contribution in [3.8, 4) is 5.88 Å². The molecule has 1 heterocycles. The van der Waals surface area contributed by atoms with E-state index in [1.165, 1.54) is 25.7 Å². The largest absolute Gasteiger partial charge is 0.474 e. The quantitative estimate of drug-likeness (QED) is 0.892. The molecule has 3 nitrogen and oxygen atoms in total. The molecule has 1 fully saturated rings. The lowest BCUT2D eigenvalue weighted by Gasteiger charge is -2.30. The van der Waals surface area contributed by atoms with Gasteiger partial charge in [-0.05, 0) is 44.2 Å². The third kappa shape index (κ3) is 3.83. The van der Waals surface area contributed by atoms with Gasteiger partial charge in [-0.3, -0.25) is 0 Å². The summed E-state index contributed by atoms with van der Waals surface area (Å²) in [6.07, 6.45) is 8.20. The Bertz CT molecular complexity index is 411. The van der Waals surface area contributed by atoms with Crippen molar-refractivity contribution in [3.05, 3.63) is 22.8 Å². The molecule has 2 rings (SSSR count). The highest BCUT2D eigenvalue weighted by Crippen LogP contribution is 2.30. The standard InChI is InChI=1S/C15H23ClN2O/c1-3-11-6-4-5-7-14(11)19-15-8-12(9-17-2)13(16)10-18-15/h8,10-11,14,17H,3-7,9H2,1-2H3. The zero-order valence-corrected chi connectivity index (χ0v) is 12.5. The number of nitrogens with one attached hydrogen (secondary N) is 1. The van der Waals surface area contributed by atoms with Crippen molar-refractivity contribution in [2.75, 3.05) is 7.05 Å². The molecule has 1 aliphatic rings. The molecular weight excluding hydrogens is 260 g/mol. The first-order chi connectivity index (χ1) is 9.24. The minimum absolute atomic E-state index is 0.315. The highest BCUT2D eigenvalue weighted by atomic mass is 35.5. The normalized spacial score (nSPS) is 23.3. The minimum atomic E-state index is 0.315. The fraction of sp³-hybridized carbons (Fsp3) is 0.667. The Morgan fingerprint density at radius 2 is 2.21 bits per heavy atom. The molecule has 1 aliphatic carbocycles. The highest BCUT2D eigenvalue weighted by Gasteiger charge is 2.25. The van der Waals surface area contributed by atoms with Crippen molar-refractivity contribution in [1.29, 1.82) is 0 Å². The van der Waals surface area contributed by atoms with Gasteiger partial charge in [-0.15, -0.1) is 0 Å². The molecule has 19 heavy (non-hydrogen) atoms. The van der Waals surface area contributed by atoms with Crippen LogP contribution in [0.5, 0.6) is 5.88 Å². The summed E-state index contributed by atoms with van der Waals surface area (Å²) in [7, 11) is 1.91. The molecule has 0 aromatic carbocycles. The summed E-state index contributed by atoms with van der Waals surface area (Å²) in [6.45, 7) is 2.98. The molecule has 1 aromatic rings. The number of hydrogen-bond acceptors (Lipinski definition) is 3. The molecule has 106 valence electrons. The number of hydrogen-bond donors (Lipinski definition) is 1. The molecule has 1 aromatic heterocycles. The monoisotopic (exact) mass is 282 g/mol. The van der Waals surface area contributed by atoms with Gasteiger partial charge in [0.25, 0.3) is 0 Å². The predicted octanol–water partition coefficient (Wildman–Crippen LogP) is 3.80. The van der Waals surface area contributed by atoms with E-state index in [0.717, 1.165) is 18.5 Å². The molecule has 0 amide bonds. The lowest BCUT2D eigenvalue weighted by molar-refractivity contribution is 0.0858. The molecule has 1 N–H and O–H groups in total. The van der Waals surface area contributed by atoms with Crippen molar-refractivity contribution in [2.24, 2.45) is 5.92 Å². The molecular formula is C15H23ClN2O. The molecule has 2 unspecified atom stereocenters. The Morgan fingerprint density at radius 1 is 1.42 bits per heavy atom. The first-order valence-electron chi connectivity index (χ1n) is 7.20. The zero-order valence-electron chi connectivity index (χ0n) is 11.8. The van der Waals surface area contributed by atoms with Gasteiger partial charge < -0.3 is 10.1 Å². The second kappa shape index (κ2) is 7.11. The number of aromatic nitrogens is 1. The van der Waals surface area contributed by atoms with Crippen molar-refractivity contribution in [2.45, 2.75) is 51.7 Å². The van der Waals surface area contributed by atoms with Crippen LogP contribution in [0.3, 0.4) is 0 Å². The van der Waals surface area contributed by atoms with Gasteiger partial charge in [0, 0.05) is 18.8 Å². The van der Waals surface area contributed by atoms with Gasteiger partial charge in [0.2, 0.25) is 5.88 Å². The van der Waals surface area contributed by atoms with Gasteiger partial charge >= 0.3 is 0 Å². The zero-order chi connectivity index (χ0) is 13.7. The van der Waals surface area contributed by atoms with Crippen LogP contribution >= 0.6 is 11.6 Å². The third-order valence-corrected chi connectivity index (χ3v) is 4.25. The number of pyridine rings is 1. The maximum Gasteiger partial charge on any atom is 0.213 e. The lowest BCUT2D eigenvalue weighted by Crippen LogP contribution is -2.30. The summed E-state index contributed by atoms with van der Waals surface area (Å²) < 4.78 is 6.10. The number of ether oxygens (including phenoxy) is 1. The van der Waals surface area contributed by atoms with Crippen LogP contribution in [0.25, 0.3) is 0 Å². The van der Waals surface area contributed by atoms with Crippen LogP contribution in [0.15, 0.2) is 12.3 Å². The molecule has 4 heteroatoms. The maximum atomic E-state index is 6.12. The van der Waals surface area contributed by atoms with E-state index in [-0.39, 0.29) is 0 Å². The summed E-state index contributed by atoms with van der Waals surface area (Å²) in [4.78, 5) is 4.30. The van der Waals surface area contributed by atoms with Gasteiger partial charge in [0.15, 0.2) is 0 Å². The molecule has 0 bridgehead atoms. The minimum Gasteiger partial charge on any atom is -0.474 e. The van der Waals surface area contributed by atoms with Gasteiger partial charge in [-0.2, -0.15) is 0 Å². The van der Waals surface area contributed by atoms with E-state index in [4.69, 9.17) is 16.3 Å². The van der Waals surface area contributed by atoms with E-state index in [2.05, 4.69) is 17.2 Å². The second-order valence-electron chi connectivity index (χ2n) is 5.25. The van der Waals surface area contributed by atoms with E-state index in [1.807, 2.05) is 13.1 Å². The number of nitrogens with zero attached hydrogens (tertiary/aromatic N) is 1. The molecule has 0 saturated heterocycles. The third-order valence-electron chi connectivity index (χ3n) is 3.91. The summed E-state index contributed by atoms with van der Waals surface area (Å²) in [5, 5.41) is 3.80. The SMILES string of the molecule is CCC1CCCCC1Oc1cc(CNC)c(Cl)cn1. The Balaban J connectivity index is 2.07. The maximum absolute atomic E-state index is 6.12. The fourth-order valence-corrected chi connectivity index (χ4v) is 2.97. The van der Waals surface area contributed by atoms with E-state index < -0.39 is 0 Å². The smallest absolute Gasteiger partial charge is 0.213 e. The summed E-state index contributed by atoms with van der Waals surface area (Å²) in [5.74, 6) is 1.37. The summed E-state index contributed by atoms with van der Waals surface area (Å²) in [6, 6.07) is 1.96. The van der Waals surface area contributed by atoms with E-state index in [9.17, 15) is 0 Å². The first kappa shape index (κ1) is 14.6. The van der Waals surface area contributed by atoms with E-state index >= 15 is 0 Å². The first-order valence-corrected chi connectivity index (χ1v) is 7.58. The van der Waals surface area contributed by atoms with Crippen LogP contribution in [0.2, 0.25) is 5.02 Å². The van der Waals surface area contributed by atoms with Crippen molar-refractivity contribution in [3.63, 3.8) is 0 Å². The highest BCUT2D eigenvalue weighted by molar-refractivity contribution is 6.31. The average molecular weight is 283 g/mol. The van der Waals surface area contributed by atoms with Gasteiger partial charge in [-0.25, -0.2) is 4.98 Å². The molecule has 2 atom stereocenters. The van der Waals surface area contributed by atoms with Crippen LogP contribution in [0.4, 0.5) is 0 Å². The van der Waals surface area contributed by atoms with Gasteiger partial charge in [0.05, 0.1) is 5.02 Å². The van der Waals surface area contributed by atoms with Crippen molar-refractivity contribution >= 4 is 11.6 Å². The van der Waals surface area contributed by atoms with E-state index in [1.54, 1.807) is 6.20 Å². The number of rotatable bonds is 5. The second-order valence-corrected chi connectivity index (χ2v) is 5.66. The summed E-state index contributed by atoms with van der Waals surface area (Å²) >= 11 is 6.12. The molecule has 0 aliphatic heterocycles. The molecule has 0 spiro atoms. The Labute approximate surface area is 120 Å². The topological polar surface area (TPSA) is 34.1 Å². The molecule has 1 saturated carbocycles. The van der Waals surface area contributed by atoms with Crippen LogP contribution in [0.1, 0.15) is 44.6 Å². The van der Waals surface area contributed by atoms with Crippen molar-refractivity contribution in [1.82, 2.24) is 10.3 Å². The van der Waals surface area contributed by atoms with Crippen LogP contribution in [0, 0.1) is 5.92 Å². The van der Waals surface area contributed by atoms with Crippen LogP contribution in [-0.4, -0.2) is 18.1 Å². The van der Waals surface area contributed by atoms with E-state index in [0.29, 0.717) is 22.9 Å². The fourth-order valence-electron chi connectivity index (χ4n) is 2.80. The van der Waals surface area contributed by atoms with Gasteiger partial charge in [0.1, 0.15) is 6.10 Å². The Kier molecular flexibility index (Phi) is 5.46. The Hall–Kier alpha value is -0.800. The van der Waals surface area contributed by atoms with Crippen molar-refractivity contribution < 1.29 is 4.74 Å². The Morgan fingerprint density at radius 3 is 2.95 bits per heavy atom. The lowest BCUT2D eigenvalue weighted by atomic mass is 9.85. The molecule has 0 radical (unpaired) electrons. The number of halogens is 1. The summed E-state index contributed by atoms with van der Waals surface area (Å²) in [5.41, 5.74) is 1.04. The van der Waals surface area contributed by atoms with Crippen LogP contribution < -0.4 is 10.1 Å². The van der Waals surface area contributed by atoms with Gasteiger partial charge in [-0.1, -0.05) is 24.9 Å². The predicted molar refractivity (Wildman–Crippen MR) is 78.7 cm³/mol. The average Bonchev–Trinajstić information content (AvgIpc) is 2.43. The van der Waals surface area contributed by atoms with Crippen LogP contribution in [-0.2, 0) is 6.54 Å².